The molecule has 2 heterocycles. The standard InChI is InChI=1S/C17H21N5O2/c1-17(2,3)24-16(23)21-7-6-13(10-21)11-22-15-5-4-12(9-18)8-14(15)19-20-22/h4-5,8,13H,6-7,10-11H2,1-3H3. The largest absolute Gasteiger partial charge is 0.444 e. The minimum absolute atomic E-state index is 0.257. The van der Waals surface area contributed by atoms with E-state index >= 15 is 0 Å². The highest BCUT2D eigenvalue weighted by atomic mass is 16.6. The molecule has 1 unspecified atom stereocenters. The Morgan fingerprint density at radius 3 is 2.96 bits per heavy atom. The molecule has 1 saturated heterocycles. The van der Waals surface area contributed by atoms with Crippen LogP contribution in [0.1, 0.15) is 32.8 Å². The molecular weight excluding hydrogens is 306 g/mol. The number of rotatable bonds is 2. The predicted molar refractivity (Wildman–Crippen MR) is 88.2 cm³/mol. The van der Waals surface area contributed by atoms with Crippen molar-refractivity contribution in [2.75, 3.05) is 13.1 Å². The molecule has 0 radical (unpaired) electrons. The van der Waals surface area contributed by atoms with Gasteiger partial charge in [0, 0.05) is 19.6 Å². The maximum Gasteiger partial charge on any atom is 0.410 e. The molecule has 1 aliphatic rings. The van der Waals surface area contributed by atoms with Crippen LogP contribution in [-0.4, -0.2) is 44.7 Å². The Balaban J connectivity index is 1.66. The summed E-state index contributed by atoms with van der Waals surface area (Å²) in [7, 11) is 0. The van der Waals surface area contributed by atoms with Gasteiger partial charge in [0.2, 0.25) is 0 Å². The first-order valence-electron chi connectivity index (χ1n) is 8.07. The second-order valence-electron chi connectivity index (χ2n) is 7.17. The highest BCUT2D eigenvalue weighted by molar-refractivity contribution is 5.76. The molecule has 1 aromatic heterocycles. The van der Waals surface area contributed by atoms with Gasteiger partial charge in [0.15, 0.2) is 0 Å². The molecule has 7 heteroatoms. The molecule has 1 amide bonds. The van der Waals surface area contributed by atoms with Crippen molar-refractivity contribution in [1.29, 1.82) is 5.26 Å². The summed E-state index contributed by atoms with van der Waals surface area (Å²) in [6, 6.07) is 7.48. The van der Waals surface area contributed by atoms with Crippen molar-refractivity contribution in [1.82, 2.24) is 19.9 Å². The minimum Gasteiger partial charge on any atom is -0.444 e. The molecule has 3 rings (SSSR count). The van der Waals surface area contributed by atoms with Gasteiger partial charge < -0.3 is 9.64 Å². The Morgan fingerprint density at radius 1 is 1.46 bits per heavy atom. The number of benzene rings is 1. The number of fused-ring (bicyclic) bond motifs is 1. The number of hydrogen-bond donors (Lipinski definition) is 0. The number of hydrogen-bond acceptors (Lipinski definition) is 5. The summed E-state index contributed by atoms with van der Waals surface area (Å²) in [6.45, 7) is 7.67. The van der Waals surface area contributed by atoms with Crippen LogP contribution in [0.25, 0.3) is 11.0 Å². The summed E-state index contributed by atoms with van der Waals surface area (Å²) in [5.74, 6) is 0.318. The van der Waals surface area contributed by atoms with Crippen molar-refractivity contribution in [2.24, 2.45) is 5.92 Å². The molecule has 0 spiro atoms. The molecule has 0 aliphatic carbocycles. The van der Waals surface area contributed by atoms with E-state index in [1.165, 1.54) is 0 Å². The zero-order valence-electron chi connectivity index (χ0n) is 14.2. The SMILES string of the molecule is CC(C)(C)OC(=O)N1CCC(Cn2nnc3cc(C#N)ccc32)C1. The summed E-state index contributed by atoms with van der Waals surface area (Å²) in [4.78, 5) is 13.9. The summed E-state index contributed by atoms with van der Waals surface area (Å²) < 4.78 is 7.27. The van der Waals surface area contributed by atoms with Crippen LogP contribution < -0.4 is 0 Å². The molecular formula is C17H21N5O2. The topological polar surface area (TPSA) is 84.0 Å². The average molecular weight is 327 g/mol. The van der Waals surface area contributed by atoms with E-state index in [4.69, 9.17) is 10.00 Å². The Morgan fingerprint density at radius 2 is 2.25 bits per heavy atom. The second-order valence-corrected chi connectivity index (χ2v) is 7.17. The van der Waals surface area contributed by atoms with E-state index in [0.29, 0.717) is 31.1 Å². The molecule has 0 N–H and O–H groups in total. The third-order valence-corrected chi connectivity index (χ3v) is 4.01. The van der Waals surface area contributed by atoms with Crippen LogP contribution >= 0.6 is 0 Å². The van der Waals surface area contributed by atoms with Crippen molar-refractivity contribution in [2.45, 2.75) is 39.3 Å². The van der Waals surface area contributed by atoms with E-state index in [1.807, 2.05) is 31.5 Å². The van der Waals surface area contributed by atoms with E-state index < -0.39 is 5.60 Å². The first-order valence-corrected chi connectivity index (χ1v) is 8.07. The van der Waals surface area contributed by atoms with Crippen molar-refractivity contribution in [3.05, 3.63) is 23.8 Å². The van der Waals surface area contributed by atoms with Crippen LogP contribution in [0.3, 0.4) is 0 Å². The fourth-order valence-electron chi connectivity index (χ4n) is 2.90. The quantitative estimate of drug-likeness (QED) is 0.846. The summed E-state index contributed by atoms with van der Waals surface area (Å²) >= 11 is 0. The minimum atomic E-state index is -0.476. The summed E-state index contributed by atoms with van der Waals surface area (Å²) in [6.07, 6.45) is 0.656. The lowest BCUT2D eigenvalue weighted by atomic mass is 10.1. The van der Waals surface area contributed by atoms with Gasteiger partial charge in [-0.25, -0.2) is 9.48 Å². The fourth-order valence-corrected chi connectivity index (χ4v) is 2.90. The Labute approximate surface area is 140 Å². The Bertz CT molecular complexity index is 799. The van der Waals surface area contributed by atoms with E-state index in [0.717, 1.165) is 17.5 Å². The average Bonchev–Trinajstić information content (AvgIpc) is 3.13. The number of carbonyl (C=O) groups is 1. The lowest BCUT2D eigenvalue weighted by Crippen LogP contribution is -2.35. The number of nitrogens with zero attached hydrogens (tertiary/aromatic N) is 5. The van der Waals surface area contributed by atoms with Gasteiger partial charge >= 0.3 is 6.09 Å². The van der Waals surface area contributed by atoms with Gasteiger partial charge in [-0.2, -0.15) is 5.26 Å². The van der Waals surface area contributed by atoms with Gasteiger partial charge in [-0.15, -0.1) is 5.10 Å². The maximum absolute atomic E-state index is 12.1. The van der Waals surface area contributed by atoms with Gasteiger partial charge in [0.05, 0.1) is 17.1 Å². The monoisotopic (exact) mass is 327 g/mol. The van der Waals surface area contributed by atoms with E-state index in [9.17, 15) is 4.79 Å². The molecule has 0 saturated carbocycles. The molecule has 1 atom stereocenters. The Kier molecular flexibility index (Phi) is 4.14. The molecule has 7 nitrogen and oxygen atoms in total. The zero-order valence-corrected chi connectivity index (χ0v) is 14.2. The van der Waals surface area contributed by atoms with Crippen LogP contribution in [0.4, 0.5) is 4.79 Å². The molecule has 1 aromatic carbocycles. The number of nitriles is 1. The number of aromatic nitrogens is 3. The maximum atomic E-state index is 12.1. The number of ether oxygens (including phenoxy) is 1. The van der Waals surface area contributed by atoms with Gasteiger partial charge in [0.1, 0.15) is 11.1 Å². The van der Waals surface area contributed by atoms with Crippen LogP contribution in [0, 0.1) is 17.2 Å². The molecule has 24 heavy (non-hydrogen) atoms. The lowest BCUT2D eigenvalue weighted by molar-refractivity contribution is 0.0287. The van der Waals surface area contributed by atoms with Crippen LogP contribution in [0.2, 0.25) is 0 Å². The highest BCUT2D eigenvalue weighted by Crippen LogP contribution is 2.22. The highest BCUT2D eigenvalue weighted by Gasteiger charge is 2.30. The number of amides is 1. The number of carbonyl (C=O) groups excluding carboxylic acids is 1. The number of likely N-dealkylation sites (tertiary alicyclic amines) is 1. The van der Waals surface area contributed by atoms with Crippen LogP contribution in [-0.2, 0) is 11.3 Å². The van der Waals surface area contributed by atoms with Gasteiger partial charge in [-0.05, 0) is 51.3 Å². The van der Waals surface area contributed by atoms with Crippen LogP contribution in [0.5, 0.6) is 0 Å². The first kappa shape index (κ1) is 16.2. The third kappa shape index (κ3) is 3.48. The van der Waals surface area contributed by atoms with Crippen molar-refractivity contribution < 1.29 is 9.53 Å². The molecule has 1 fully saturated rings. The molecule has 126 valence electrons. The molecule has 1 aliphatic heterocycles. The van der Waals surface area contributed by atoms with E-state index in [1.54, 1.807) is 17.0 Å². The van der Waals surface area contributed by atoms with Gasteiger partial charge in [0.25, 0.3) is 0 Å². The molecule has 0 bridgehead atoms. The van der Waals surface area contributed by atoms with Crippen LogP contribution in [0.15, 0.2) is 18.2 Å². The Hall–Kier alpha value is -2.62. The van der Waals surface area contributed by atoms with Crippen molar-refractivity contribution in [3.8, 4) is 6.07 Å². The van der Waals surface area contributed by atoms with Gasteiger partial charge in [-0.3, -0.25) is 0 Å². The van der Waals surface area contributed by atoms with Gasteiger partial charge in [-0.1, -0.05) is 5.21 Å². The first-order chi connectivity index (χ1) is 11.4. The normalized spacial score (nSPS) is 17.9. The third-order valence-electron chi connectivity index (χ3n) is 4.01. The van der Waals surface area contributed by atoms with Crippen molar-refractivity contribution >= 4 is 17.1 Å². The van der Waals surface area contributed by atoms with Crippen molar-refractivity contribution in [3.63, 3.8) is 0 Å². The summed E-state index contributed by atoms with van der Waals surface area (Å²) in [5.41, 5.74) is 1.72. The fraction of sp³-hybridized carbons (Fsp3) is 0.529. The second kappa shape index (κ2) is 6.11. The lowest BCUT2D eigenvalue weighted by Gasteiger charge is -2.24. The van der Waals surface area contributed by atoms with E-state index in [2.05, 4.69) is 16.4 Å². The zero-order chi connectivity index (χ0) is 17.3. The smallest absolute Gasteiger partial charge is 0.410 e. The summed E-state index contributed by atoms with van der Waals surface area (Å²) in [5, 5.41) is 17.3. The molecule has 2 aromatic rings. The predicted octanol–water partition coefficient (Wildman–Crippen LogP) is 2.56. The van der Waals surface area contributed by atoms with E-state index in [-0.39, 0.29) is 6.09 Å².